The number of nitrogens with zero attached hydrogens (tertiary/aromatic N) is 3. The zero-order valence-corrected chi connectivity index (χ0v) is 8.95. The molecule has 0 radical (unpaired) electrons. The van der Waals surface area contributed by atoms with E-state index in [0.29, 0.717) is 12.2 Å². The van der Waals surface area contributed by atoms with Gasteiger partial charge < -0.3 is 5.32 Å². The summed E-state index contributed by atoms with van der Waals surface area (Å²) in [6.45, 7) is 2.57. The van der Waals surface area contributed by atoms with Crippen LogP contribution in [0.3, 0.4) is 0 Å². The van der Waals surface area contributed by atoms with E-state index in [2.05, 4.69) is 20.3 Å². The smallest absolute Gasteiger partial charge is 0.194 e. The highest BCUT2D eigenvalue weighted by atomic mass is 32.1. The third kappa shape index (κ3) is 3.56. The van der Waals surface area contributed by atoms with Crippen LogP contribution in [-0.4, -0.2) is 32.7 Å². The van der Waals surface area contributed by atoms with E-state index in [4.69, 9.17) is 17.4 Å². The number of hydroxylamine groups is 1. The number of aliphatic imine (C=N–C) groups is 1. The Bertz CT molecular complexity index is 353. The molecule has 1 heterocycles. The molecular formula is C8H11N5OS. The SMILES string of the molecule is CCNC(=S)/N=C(\NO)c1cnccn1. The lowest BCUT2D eigenvalue weighted by Crippen LogP contribution is -2.27. The summed E-state index contributed by atoms with van der Waals surface area (Å²) in [5, 5.41) is 12.0. The number of thiocarbonyl (C=S) groups is 1. The Labute approximate surface area is 92.4 Å². The molecule has 80 valence electrons. The van der Waals surface area contributed by atoms with Crippen molar-refractivity contribution in [3.05, 3.63) is 24.3 Å². The van der Waals surface area contributed by atoms with Gasteiger partial charge in [-0.05, 0) is 19.1 Å². The molecule has 0 spiro atoms. The quantitative estimate of drug-likeness (QED) is 0.286. The molecule has 0 amide bonds. The van der Waals surface area contributed by atoms with Gasteiger partial charge in [-0.1, -0.05) is 0 Å². The minimum Gasteiger partial charge on any atom is -0.361 e. The van der Waals surface area contributed by atoms with Crippen molar-refractivity contribution in [2.45, 2.75) is 6.92 Å². The molecule has 1 rings (SSSR count). The highest BCUT2D eigenvalue weighted by Gasteiger charge is 2.04. The molecule has 0 aromatic carbocycles. The maximum absolute atomic E-state index is 8.86. The Morgan fingerprint density at radius 1 is 1.60 bits per heavy atom. The first-order valence-electron chi connectivity index (χ1n) is 4.31. The minimum absolute atomic E-state index is 0.161. The lowest BCUT2D eigenvalue weighted by molar-refractivity contribution is 0.235. The monoisotopic (exact) mass is 225 g/mol. The zero-order valence-electron chi connectivity index (χ0n) is 8.14. The first-order chi connectivity index (χ1) is 7.27. The second-order valence-electron chi connectivity index (χ2n) is 2.50. The Kier molecular flexibility index (Phi) is 4.58. The molecule has 6 nitrogen and oxygen atoms in total. The van der Waals surface area contributed by atoms with E-state index < -0.39 is 0 Å². The molecule has 1 aromatic heterocycles. The maximum atomic E-state index is 8.86. The summed E-state index contributed by atoms with van der Waals surface area (Å²) in [5.41, 5.74) is 2.34. The van der Waals surface area contributed by atoms with Crippen molar-refractivity contribution in [3.8, 4) is 0 Å². The van der Waals surface area contributed by atoms with Gasteiger partial charge in [0.1, 0.15) is 5.69 Å². The van der Waals surface area contributed by atoms with Gasteiger partial charge >= 0.3 is 0 Å². The fourth-order valence-corrected chi connectivity index (χ4v) is 1.09. The van der Waals surface area contributed by atoms with Crippen molar-refractivity contribution in [2.75, 3.05) is 6.54 Å². The molecule has 1 aromatic rings. The molecule has 0 unspecified atom stereocenters. The number of hydrogen-bond acceptors (Lipinski definition) is 4. The molecule has 0 saturated heterocycles. The van der Waals surface area contributed by atoms with Gasteiger partial charge in [0.2, 0.25) is 0 Å². The topological polar surface area (TPSA) is 82.4 Å². The van der Waals surface area contributed by atoms with Crippen molar-refractivity contribution in [3.63, 3.8) is 0 Å². The van der Waals surface area contributed by atoms with Gasteiger partial charge in [-0.15, -0.1) is 0 Å². The van der Waals surface area contributed by atoms with Crippen LogP contribution in [-0.2, 0) is 0 Å². The number of rotatable bonds is 2. The van der Waals surface area contributed by atoms with E-state index in [-0.39, 0.29) is 10.9 Å². The van der Waals surface area contributed by atoms with Gasteiger partial charge in [0.15, 0.2) is 10.9 Å². The summed E-state index contributed by atoms with van der Waals surface area (Å²) in [7, 11) is 0. The molecule has 3 N–H and O–H groups in total. The standard InChI is InChI=1S/C8H11N5OS/c1-2-10-8(15)12-7(13-14)6-5-9-3-4-11-6/h3-5,14H,2H2,1H3,(H2,10,12,13,15). The van der Waals surface area contributed by atoms with E-state index in [9.17, 15) is 0 Å². The molecule has 0 saturated carbocycles. The molecule has 0 bridgehead atoms. The van der Waals surface area contributed by atoms with E-state index in [1.165, 1.54) is 18.6 Å². The Balaban J connectivity index is 2.84. The van der Waals surface area contributed by atoms with Crippen LogP contribution >= 0.6 is 12.2 Å². The Morgan fingerprint density at radius 2 is 2.40 bits per heavy atom. The first kappa shape index (κ1) is 11.5. The van der Waals surface area contributed by atoms with E-state index in [1.54, 1.807) is 0 Å². The van der Waals surface area contributed by atoms with E-state index in [1.807, 2.05) is 12.4 Å². The first-order valence-corrected chi connectivity index (χ1v) is 4.71. The number of amidine groups is 1. The normalized spacial score (nSPS) is 10.9. The van der Waals surface area contributed by atoms with Gasteiger partial charge in [0.05, 0.1) is 6.20 Å². The van der Waals surface area contributed by atoms with Gasteiger partial charge in [0, 0.05) is 18.9 Å². The van der Waals surface area contributed by atoms with Crippen LogP contribution in [0.5, 0.6) is 0 Å². The summed E-state index contributed by atoms with van der Waals surface area (Å²) < 4.78 is 0. The predicted octanol–water partition coefficient (Wildman–Crippen LogP) is 0.0964. The number of aromatic nitrogens is 2. The molecular weight excluding hydrogens is 214 g/mol. The van der Waals surface area contributed by atoms with Gasteiger partial charge in [-0.3, -0.25) is 15.7 Å². The third-order valence-corrected chi connectivity index (χ3v) is 1.69. The van der Waals surface area contributed by atoms with Crippen molar-refractivity contribution in [1.82, 2.24) is 20.8 Å². The van der Waals surface area contributed by atoms with Crippen LogP contribution in [0.4, 0.5) is 0 Å². The predicted molar refractivity (Wildman–Crippen MR) is 59.8 cm³/mol. The minimum atomic E-state index is 0.161. The molecule has 7 heteroatoms. The van der Waals surface area contributed by atoms with Crippen LogP contribution < -0.4 is 10.8 Å². The average Bonchev–Trinajstić information content (AvgIpc) is 2.27. The third-order valence-electron chi connectivity index (χ3n) is 1.45. The fraction of sp³-hybridized carbons (Fsp3) is 0.250. The van der Waals surface area contributed by atoms with Gasteiger partial charge in [-0.25, -0.2) is 4.98 Å². The zero-order chi connectivity index (χ0) is 11.1. The average molecular weight is 225 g/mol. The Hall–Kier alpha value is -1.60. The lowest BCUT2D eigenvalue weighted by Gasteiger charge is -2.04. The van der Waals surface area contributed by atoms with Crippen LogP contribution in [0.2, 0.25) is 0 Å². The number of hydrogen-bond donors (Lipinski definition) is 3. The highest BCUT2D eigenvalue weighted by molar-refractivity contribution is 7.80. The lowest BCUT2D eigenvalue weighted by atomic mass is 10.4. The summed E-state index contributed by atoms with van der Waals surface area (Å²) in [5.74, 6) is 0.161. The summed E-state index contributed by atoms with van der Waals surface area (Å²) in [4.78, 5) is 11.7. The van der Waals surface area contributed by atoms with Crippen LogP contribution in [0.15, 0.2) is 23.6 Å². The molecule has 0 atom stereocenters. The van der Waals surface area contributed by atoms with Crippen molar-refractivity contribution in [2.24, 2.45) is 4.99 Å². The largest absolute Gasteiger partial charge is 0.361 e. The second-order valence-corrected chi connectivity index (χ2v) is 2.89. The molecule has 0 aliphatic carbocycles. The summed E-state index contributed by atoms with van der Waals surface area (Å²) >= 11 is 4.90. The molecule has 0 aliphatic rings. The van der Waals surface area contributed by atoms with Crippen LogP contribution in [0.25, 0.3) is 0 Å². The van der Waals surface area contributed by atoms with Crippen LogP contribution in [0, 0.1) is 0 Å². The van der Waals surface area contributed by atoms with E-state index >= 15 is 0 Å². The summed E-state index contributed by atoms with van der Waals surface area (Å²) in [6, 6.07) is 0. The second kappa shape index (κ2) is 5.99. The van der Waals surface area contributed by atoms with Crippen LogP contribution in [0.1, 0.15) is 12.6 Å². The van der Waals surface area contributed by atoms with Crippen molar-refractivity contribution >= 4 is 23.2 Å². The molecule has 0 aliphatic heterocycles. The fourth-order valence-electron chi connectivity index (χ4n) is 0.853. The molecule has 15 heavy (non-hydrogen) atoms. The summed E-state index contributed by atoms with van der Waals surface area (Å²) in [6.07, 6.45) is 4.50. The van der Waals surface area contributed by atoms with E-state index in [0.717, 1.165) is 0 Å². The Morgan fingerprint density at radius 3 is 2.93 bits per heavy atom. The highest BCUT2D eigenvalue weighted by Crippen LogP contribution is 1.92. The molecule has 0 fully saturated rings. The van der Waals surface area contributed by atoms with Crippen molar-refractivity contribution in [1.29, 1.82) is 0 Å². The van der Waals surface area contributed by atoms with Gasteiger partial charge in [-0.2, -0.15) is 4.99 Å². The van der Waals surface area contributed by atoms with Gasteiger partial charge in [0.25, 0.3) is 0 Å². The maximum Gasteiger partial charge on any atom is 0.194 e. The number of nitrogens with one attached hydrogen (secondary N) is 2. The van der Waals surface area contributed by atoms with Crippen molar-refractivity contribution < 1.29 is 5.21 Å².